The van der Waals surface area contributed by atoms with Crippen LogP contribution in [0.3, 0.4) is 0 Å². The Balaban J connectivity index is 1.96. The highest BCUT2D eigenvalue weighted by Crippen LogP contribution is 2.40. The van der Waals surface area contributed by atoms with Crippen LogP contribution >= 0.6 is 0 Å². The van der Waals surface area contributed by atoms with Crippen LogP contribution in [0.2, 0.25) is 0 Å². The standard InChI is InChI=1S/C11H20N2O3S/c1-2-16-10(12)9-7-11(8-13-9)3-5-17(14,15)6-4-11/h9,12-13H,2-8H2,1H3. The van der Waals surface area contributed by atoms with Gasteiger partial charge in [-0.3, -0.25) is 5.41 Å². The van der Waals surface area contributed by atoms with Gasteiger partial charge >= 0.3 is 0 Å². The van der Waals surface area contributed by atoms with Gasteiger partial charge in [0.2, 0.25) is 0 Å². The predicted molar refractivity (Wildman–Crippen MR) is 66.1 cm³/mol. The summed E-state index contributed by atoms with van der Waals surface area (Å²) in [6.45, 7) is 3.19. The minimum atomic E-state index is -2.81. The summed E-state index contributed by atoms with van der Waals surface area (Å²) in [7, 11) is -2.81. The first-order chi connectivity index (χ1) is 7.96. The van der Waals surface area contributed by atoms with Gasteiger partial charge in [-0.05, 0) is 31.6 Å². The predicted octanol–water partition coefficient (Wildman–Crippen LogP) is 0.557. The molecular formula is C11H20N2O3S. The number of nitrogens with one attached hydrogen (secondary N) is 2. The normalized spacial score (nSPS) is 30.3. The fourth-order valence-electron chi connectivity index (χ4n) is 2.71. The Hall–Kier alpha value is -0.620. The van der Waals surface area contributed by atoms with Crippen molar-refractivity contribution >= 4 is 15.7 Å². The number of sulfone groups is 1. The molecule has 17 heavy (non-hydrogen) atoms. The van der Waals surface area contributed by atoms with Crippen molar-refractivity contribution in [1.29, 1.82) is 5.41 Å². The molecule has 0 aromatic carbocycles. The molecule has 0 aromatic rings. The number of hydrogen-bond donors (Lipinski definition) is 2. The lowest BCUT2D eigenvalue weighted by molar-refractivity contribution is 0.274. The lowest BCUT2D eigenvalue weighted by Crippen LogP contribution is -2.35. The average Bonchev–Trinajstić information content (AvgIpc) is 2.69. The highest BCUT2D eigenvalue weighted by atomic mass is 32.2. The van der Waals surface area contributed by atoms with Gasteiger partial charge < -0.3 is 10.1 Å². The number of rotatable bonds is 2. The maximum absolute atomic E-state index is 11.4. The first kappa shape index (κ1) is 12.8. The number of ether oxygens (including phenoxy) is 1. The van der Waals surface area contributed by atoms with Crippen molar-refractivity contribution < 1.29 is 13.2 Å². The maximum Gasteiger partial charge on any atom is 0.198 e. The lowest BCUT2D eigenvalue weighted by atomic mass is 9.80. The zero-order valence-corrected chi connectivity index (χ0v) is 11.0. The van der Waals surface area contributed by atoms with Gasteiger partial charge in [-0.1, -0.05) is 0 Å². The Bertz CT molecular complexity index is 391. The molecule has 1 spiro atoms. The molecule has 5 nitrogen and oxygen atoms in total. The zero-order valence-electron chi connectivity index (χ0n) is 10.2. The van der Waals surface area contributed by atoms with E-state index in [1.807, 2.05) is 6.92 Å². The van der Waals surface area contributed by atoms with Gasteiger partial charge in [0.25, 0.3) is 0 Å². The van der Waals surface area contributed by atoms with E-state index in [-0.39, 0.29) is 17.4 Å². The maximum atomic E-state index is 11.4. The molecule has 2 aliphatic rings. The lowest BCUT2D eigenvalue weighted by Gasteiger charge is -2.32. The van der Waals surface area contributed by atoms with E-state index in [0.717, 1.165) is 25.8 Å². The summed E-state index contributed by atoms with van der Waals surface area (Å²) < 4.78 is 28.0. The third-order valence-electron chi connectivity index (χ3n) is 3.86. The summed E-state index contributed by atoms with van der Waals surface area (Å²) >= 11 is 0. The van der Waals surface area contributed by atoms with E-state index in [9.17, 15) is 8.42 Å². The quantitative estimate of drug-likeness (QED) is 0.561. The monoisotopic (exact) mass is 260 g/mol. The fraction of sp³-hybridized carbons (Fsp3) is 0.909. The van der Waals surface area contributed by atoms with Gasteiger partial charge in [0, 0.05) is 6.54 Å². The van der Waals surface area contributed by atoms with Crippen LogP contribution in [-0.2, 0) is 14.6 Å². The molecule has 2 heterocycles. The van der Waals surface area contributed by atoms with Crippen molar-refractivity contribution in [3.8, 4) is 0 Å². The van der Waals surface area contributed by atoms with Crippen molar-refractivity contribution in [1.82, 2.24) is 5.32 Å². The molecule has 2 aliphatic heterocycles. The Morgan fingerprint density at radius 2 is 2.12 bits per heavy atom. The molecule has 2 rings (SSSR count). The third-order valence-corrected chi connectivity index (χ3v) is 5.52. The van der Waals surface area contributed by atoms with Crippen LogP contribution in [0.1, 0.15) is 26.2 Å². The summed E-state index contributed by atoms with van der Waals surface area (Å²) in [5, 5.41) is 11.0. The average molecular weight is 260 g/mol. The van der Waals surface area contributed by atoms with Gasteiger partial charge in [0.05, 0.1) is 24.2 Å². The van der Waals surface area contributed by atoms with Crippen LogP contribution in [0, 0.1) is 10.8 Å². The van der Waals surface area contributed by atoms with E-state index >= 15 is 0 Å². The van der Waals surface area contributed by atoms with Gasteiger partial charge in [0.15, 0.2) is 5.90 Å². The van der Waals surface area contributed by atoms with Crippen LogP contribution in [0.4, 0.5) is 0 Å². The Labute approximate surface area is 102 Å². The molecule has 1 atom stereocenters. The van der Waals surface area contributed by atoms with Gasteiger partial charge in [-0.15, -0.1) is 0 Å². The Kier molecular flexibility index (Phi) is 3.45. The molecule has 0 amide bonds. The van der Waals surface area contributed by atoms with E-state index < -0.39 is 9.84 Å². The third kappa shape index (κ3) is 2.80. The molecule has 0 aliphatic carbocycles. The smallest absolute Gasteiger partial charge is 0.198 e. The van der Waals surface area contributed by atoms with E-state index in [4.69, 9.17) is 10.1 Å². The summed E-state index contributed by atoms with van der Waals surface area (Å²) in [5.41, 5.74) is 0.0688. The summed E-state index contributed by atoms with van der Waals surface area (Å²) in [6.07, 6.45) is 2.28. The topological polar surface area (TPSA) is 79.2 Å². The summed E-state index contributed by atoms with van der Waals surface area (Å²) in [5.74, 6) is 0.880. The largest absolute Gasteiger partial charge is 0.480 e. The van der Waals surface area contributed by atoms with Crippen LogP contribution in [0.15, 0.2) is 0 Å². The van der Waals surface area contributed by atoms with Crippen molar-refractivity contribution in [2.24, 2.45) is 5.41 Å². The second-order valence-corrected chi connectivity index (χ2v) is 7.39. The molecule has 2 N–H and O–H groups in total. The van der Waals surface area contributed by atoms with Crippen molar-refractivity contribution in [3.63, 3.8) is 0 Å². The molecule has 0 bridgehead atoms. The van der Waals surface area contributed by atoms with Crippen LogP contribution in [-0.4, -0.2) is 45.0 Å². The van der Waals surface area contributed by atoms with E-state index in [1.165, 1.54) is 0 Å². The van der Waals surface area contributed by atoms with E-state index in [0.29, 0.717) is 18.1 Å². The van der Waals surface area contributed by atoms with Gasteiger partial charge in [0.1, 0.15) is 9.84 Å². The Morgan fingerprint density at radius 3 is 2.71 bits per heavy atom. The fourth-order valence-corrected chi connectivity index (χ4v) is 4.40. The van der Waals surface area contributed by atoms with Crippen LogP contribution in [0.5, 0.6) is 0 Å². The summed E-state index contributed by atoms with van der Waals surface area (Å²) in [4.78, 5) is 0. The van der Waals surface area contributed by atoms with Crippen molar-refractivity contribution in [2.75, 3.05) is 24.7 Å². The highest BCUT2D eigenvalue weighted by molar-refractivity contribution is 7.91. The van der Waals surface area contributed by atoms with Gasteiger partial charge in [-0.25, -0.2) is 8.42 Å². The minimum absolute atomic E-state index is 0.0317. The van der Waals surface area contributed by atoms with E-state index in [2.05, 4.69) is 5.32 Å². The molecular weight excluding hydrogens is 240 g/mol. The minimum Gasteiger partial charge on any atom is -0.480 e. The van der Waals surface area contributed by atoms with Crippen LogP contribution < -0.4 is 5.32 Å². The molecule has 0 aromatic heterocycles. The molecule has 2 fully saturated rings. The number of hydrogen-bond acceptors (Lipinski definition) is 5. The van der Waals surface area contributed by atoms with Crippen molar-refractivity contribution in [2.45, 2.75) is 32.2 Å². The molecule has 6 heteroatoms. The second-order valence-electron chi connectivity index (χ2n) is 5.09. The van der Waals surface area contributed by atoms with E-state index in [1.54, 1.807) is 0 Å². The molecule has 98 valence electrons. The highest BCUT2D eigenvalue weighted by Gasteiger charge is 2.44. The first-order valence-corrected chi connectivity index (χ1v) is 7.94. The second kappa shape index (κ2) is 4.57. The molecule has 0 saturated carbocycles. The Morgan fingerprint density at radius 1 is 1.47 bits per heavy atom. The molecule has 1 unspecified atom stereocenters. The SMILES string of the molecule is CCOC(=N)C1CC2(CCS(=O)(=O)CC2)CN1. The van der Waals surface area contributed by atoms with Gasteiger partial charge in [-0.2, -0.15) is 0 Å². The van der Waals surface area contributed by atoms with Crippen molar-refractivity contribution in [3.05, 3.63) is 0 Å². The van der Waals surface area contributed by atoms with Crippen LogP contribution in [0.25, 0.3) is 0 Å². The first-order valence-electron chi connectivity index (χ1n) is 6.11. The summed E-state index contributed by atoms with van der Waals surface area (Å²) in [6, 6.07) is -0.0317. The zero-order chi connectivity index (χ0) is 12.5. The molecule has 2 saturated heterocycles. The molecule has 0 radical (unpaired) electrons.